The molecule has 2 aromatic rings. The molecule has 0 saturated heterocycles. The second-order valence-electron chi connectivity index (χ2n) is 6.37. The minimum absolute atomic E-state index is 0. The molecular formula is C20H24BrFIN3O2. The summed E-state index contributed by atoms with van der Waals surface area (Å²) in [6, 6.07) is 11.2. The highest BCUT2D eigenvalue weighted by molar-refractivity contribution is 14.0. The minimum atomic E-state index is -0.269. The Hall–Kier alpha value is -1.39. The molecule has 152 valence electrons. The van der Waals surface area contributed by atoms with Gasteiger partial charge in [-0.1, -0.05) is 28.1 Å². The van der Waals surface area contributed by atoms with Gasteiger partial charge in [-0.15, -0.1) is 24.0 Å². The summed E-state index contributed by atoms with van der Waals surface area (Å²) in [5.74, 6) is 1.25. The fourth-order valence-corrected chi connectivity index (χ4v) is 3.34. The Morgan fingerprint density at radius 3 is 2.75 bits per heavy atom. The third-order valence-electron chi connectivity index (χ3n) is 4.34. The van der Waals surface area contributed by atoms with Crippen LogP contribution in [0, 0.1) is 5.82 Å². The molecule has 1 aliphatic rings. The monoisotopic (exact) mass is 563 g/mol. The number of hydrogen-bond donors (Lipinski definition) is 1. The van der Waals surface area contributed by atoms with E-state index in [0.29, 0.717) is 19.6 Å². The Labute approximate surface area is 190 Å². The molecule has 0 atom stereocenters. The van der Waals surface area contributed by atoms with Gasteiger partial charge in [0, 0.05) is 37.2 Å². The van der Waals surface area contributed by atoms with Crippen LogP contribution in [0.25, 0.3) is 0 Å². The Balaban J connectivity index is 0.00000280. The molecule has 0 saturated carbocycles. The molecule has 0 unspecified atom stereocenters. The maximum Gasteiger partial charge on any atom is 0.193 e. The van der Waals surface area contributed by atoms with Crippen molar-refractivity contribution in [2.45, 2.75) is 19.6 Å². The molecule has 0 amide bonds. The number of halogens is 3. The number of guanidine groups is 1. The molecule has 0 fully saturated rings. The van der Waals surface area contributed by atoms with Crippen molar-refractivity contribution in [2.24, 2.45) is 4.99 Å². The first-order valence-electron chi connectivity index (χ1n) is 8.75. The first kappa shape index (κ1) is 22.9. The average molecular weight is 564 g/mol. The van der Waals surface area contributed by atoms with Gasteiger partial charge in [-0.25, -0.2) is 4.39 Å². The summed E-state index contributed by atoms with van der Waals surface area (Å²) in [7, 11) is 3.74. The Kier molecular flexibility index (Phi) is 8.97. The van der Waals surface area contributed by atoms with Crippen LogP contribution in [0.15, 0.2) is 45.9 Å². The van der Waals surface area contributed by atoms with Crippen LogP contribution in [0.3, 0.4) is 0 Å². The molecule has 0 radical (unpaired) electrons. The number of hydrogen-bond acceptors (Lipinski definition) is 3. The van der Waals surface area contributed by atoms with E-state index in [1.165, 1.54) is 17.7 Å². The molecule has 28 heavy (non-hydrogen) atoms. The SMILES string of the molecule is CN=C(NCCc1cc(F)cc2c1OCOC2)N(C)Cc1ccc(Br)cc1.I. The Bertz CT molecular complexity index is 818. The molecular weight excluding hydrogens is 540 g/mol. The summed E-state index contributed by atoms with van der Waals surface area (Å²) in [5, 5.41) is 3.33. The van der Waals surface area contributed by atoms with E-state index >= 15 is 0 Å². The number of nitrogens with one attached hydrogen (secondary N) is 1. The van der Waals surface area contributed by atoms with Crippen molar-refractivity contribution in [3.05, 3.63) is 63.4 Å². The summed E-state index contributed by atoms with van der Waals surface area (Å²) in [4.78, 5) is 6.39. The molecule has 1 aliphatic heterocycles. The zero-order valence-corrected chi connectivity index (χ0v) is 19.8. The number of fused-ring (bicyclic) bond motifs is 1. The molecule has 8 heteroatoms. The second kappa shape index (κ2) is 11.0. The van der Waals surface area contributed by atoms with Crippen LogP contribution in [0.1, 0.15) is 16.7 Å². The predicted molar refractivity (Wildman–Crippen MR) is 123 cm³/mol. The van der Waals surface area contributed by atoms with Crippen LogP contribution >= 0.6 is 39.9 Å². The van der Waals surface area contributed by atoms with E-state index in [0.717, 1.165) is 33.9 Å². The lowest BCUT2D eigenvalue weighted by atomic mass is 10.1. The van der Waals surface area contributed by atoms with Gasteiger partial charge in [-0.3, -0.25) is 4.99 Å². The summed E-state index contributed by atoms with van der Waals surface area (Å²) in [6.07, 6.45) is 0.630. The molecule has 5 nitrogen and oxygen atoms in total. The van der Waals surface area contributed by atoms with Gasteiger partial charge in [0.15, 0.2) is 12.8 Å². The van der Waals surface area contributed by atoms with Crippen molar-refractivity contribution in [1.82, 2.24) is 10.2 Å². The highest BCUT2D eigenvalue weighted by Crippen LogP contribution is 2.29. The zero-order chi connectivity index (χ0) is 19.2. The maximum atomic E-state index is 13.8. The van der Waals surface area contributed by atoms with E-state index in [-0.39, 0.29) is 36.6 Å². The third kappa shape index (κ3) is 6.05. The van der Waals surface area contributed by atoms with Crippen molar-refractivity contribution >= 4 is 45.9 Å². The van der Waals surface area contributed by atoms with Crippen molar-refractivity contribution in [1.29, 1.82) is 0 Å². The van der Waals surface area contributed by atoms with Crippen LogP contribution < -0.4 is 10.1 Å². The average Bonchev–Trinajstić information content (AvgIpc) is 2.66. The molecule has 0 aliphatic carbocycles. The molecule has 0 bridgehead atoms. The smallest absolute Gasteiger partial charge is 0.193 e. The number of rotatable bonds is 5. The summed E-state index contributed by atoms with van der Waals surface area (Å²) in [5.41, 5.74) is 2.79. The molecule has 0 spiro atoms. The van der Waals surface area contributed by atoms with E-state index in [9.17, 15) is 4.39 Å². The van der Waals surface area contributed by atoms with Crippen LogP contribution in [0.5, 0.6) is 5.75 Å². The predicted octanol–water partition coefficient (Wildman–Crippen LogP) is 4.32. The number of ether oxygens (including phenoxy) is 2. The van der Waals surface area contributed by atoms with Gasteiger partial charge in [-0.2, -0.15) is 0 Å². The van der Waals surface area contributed by atoms with E-state index in [2.05, 4.69) is 43.3 Å². The highest BCUT2D eigenvalue weighted by atomic mass is 127. The van der Waals surface area contributed by atoms with E-state index < -0.39 is 0 Å². The van der Waals surface area contributed by atoms with Crippen molar-refractivity contribution in [3.63, 3.8) is 0 Å². The highest BCUT2D eigenvalue weighted by Gasteiger charge is 2.17. The van der Waals surface area contributed by atoms with Crippen LogP contribution in [-0.4, -0.2) is 38.3 Å². The van der Waals surface area contributed by atoms with Gasteiger partial charge in [-0.05, 0) is 41.8 Å². The first-order chi connectivity index (χ1) is 13.1. The van der Waals surface area contributed by atoms with Crippen LogP contribution in [-0.2, 0) is 24.3 Å². The molecule has 2 aromatic carbocycles. The first-order valence-corrected chi connectivity index (χ1v) is 9.54. The van der Waals surface area contributed by atoms with Gasteiger partial charge in [0.05, 0.1) is 6.61 Å². The van der Waals surface area contributed by atoms with Crippen molar-refractivity contribution in [3.8, 4) is 5.75 Å². The lowest BCUT2D eigenvalue weighted by Crippen LogP contribution is -2.39. The summed E-state index contributed by atoms with van der Waals surface area (Å²) < 4.78 is 25.7. The van der Waals surface area contributed by atoms with Crippen LogP contribution in [0.2, 0.25) is 0 Å². The van der Waals surface area contributed by atoms with E-state index in [4.69, 9.17) is 9.47 Å². The molecule has 1 N–H and O–H groups in total. The summed E-state index contributed by atoms with van der Waals surface area (Å²) in [6.45, 7) is 1.95. The van der Waals surface area contributed by atoms with E-state index in [1.807, 2.05) is 19.2 Å². The molecule has 0 aromatic heterocycles. The van der Waals surface area contributed by atoms with Gasteiger partial charge in [0.2, 0.25) is 0 Å². The van der Waals surface area contributed by atoms with E-state index in [1.54, 1.807) is 7.05 Å². The lowest BCUT2D eigenvalue weighted by Gasteiger charge is -2.23. The van der Waals surface area contributed by atoms with Gasteiger partial charge >= 0.3 is 0 Å². The molecule has 1 heterocycles. The maximum absolute atomic E-state index is 13.8. The van der Waals surface area contributed by atoms with Crippen molar-refractivity contribution < 1.29 is 13.9 Å². The number of nitrogens with zero attached hydrogens (tertiary/aromatic N) is 2. The Morgan fingerprint density at radius 2 is 2.04 bits per heavy atom. The quantitative estimate of drug-likeness (QED) is 0.334. The fraction of sp³-hybridized carbons (Fsp3) is 0.350. The summed E-state index contributed by atoms with van der Waals surface area (Å²) >= 11 is 3.45. The third-order valence-corrected chi connectivity index (χ3v) is 4.86. The van der Waals surface area contributed by atoms with Crippen LogP contribution in [0.4, 0.5) is 4.39 Å². The zero-order valence-electron chi connectivity index (χ0n) is 15.9. The van der Waals surface area contributed by atoms with Gasteiger partial charge in [0.25, 0.3) is 0 Å². The second-order valence-corrected chi connectivity index (χ2v) is 7.29. The number of benzene rings is 2. The topological polar surface area (TPSA) is 46.1 Å². The lowest BCUT2D eigenvalue weighted by molar-refractivity contribution is -0.0172. The standard InChI is InChI=1S/C20H23BrFN3O2.HI/c1-23-20(25(2)11-14-3-5-17(21)6-4-14)24-8-7-15-9-18(22)10-16-12-26-13-27-19(15)16;/h3-6,9-10H,7-8,11-13H2,1-2H3,(H,23,24);1H. The van der Waals surface area contributed by atoms with Crippen molar-refractivity contribution in [2.75, 3.05) is 27.4 Å². The Morgan fingerprint density at radius 1 is 1.29 bits per heavy atom. The minimum Gasteiger partial charge on any atom is -0.467 e. The van der Waals surface area contributed by atoms with Gasteiger partial charge in [0.1, 0.15) is 11.6 Å². The number of aliphatic imine (C=N–C) groups is 1. The normalized spacial score (nSPS) is 13.2. The molecule has 3 rings (SSSR count). The fourth-order valence-electron chi connectivity index (χ4n) is 3.07. The largest absolute Gasteiger partial charge is 0.467 e. The van der Waals surface area contributed by atoms with Gasteiger partial charge < -0.3 is 19.7 Å².